The van der Waals surface area contributed by atoms with Gasteiger partial charge >= 0.3 is 0 Å². The fourth-order valence-electron chi connectivity index (χ4n) is 2.01. The second-order valence-corrected chi connectivity index (χ2v) is 6.83. The highest BCUT2D eigenvalue weighted by atomic mass is 79.9. The number of benzene rings is 1. The van der Waals surface area contributed by atoms with Crippen LogP contribution >= 0.6 is 39.3 Å². The molecule has 0 aliphatic carbocycles. The molecule has 0 unspecified atom stereocenters. The fraction of sp³-hybridized carbons (Fsp3) is 0.462. The minimum atomic E-state index is 0.0786. The first-order valence-electron chi connectivity index (χ1n) is 5.98. The Balaban J connectivity index is 1.92. The lowest BCUT2D eigenvalue weighted by Gasteiger charge is -2.20. The average molecular weight is 349 g/mol. The summed E-state index contributed by atoms with van der Waals surface area (Å²) in [6.45, 7) is 0. The van der Waals surface area contributed by atoms with Gasteiger partial charge in [-0.1, -0.05) is 17.7 Å². The van der Waals surface area contributed by atoms with Gasteiger partial charge in [0.25, 0.3) is 0 Å². The van der Waals surface area contributed by atoms with E-state index in [2.05, 4.69) is 21.2 Å². The molecule has 1 aromatic rings. The molecule has 0 bridgehead atoms. The van der Waals surface area contributed by atoms with Crippen LogP contribution < -0.4 is 5.32 Å². The summed E-state index contributed by atoms with van der Waals surface area (Å²) in [5.74, 6) is 2.97. The van der Waals surface area contributed by atoms with E-state index in [-0.39, 0.29) is 5.91 Å². The third-order valence-electron chi connectivity index (χ3n) is 3.04. The van der Waals surface area contributed by atoms with Crippen molar-refractivity contribution in [1.82, 2.24) is 0 Å². The van der Waals surface area contributed by atoms with Gasteiger partial charge in [-0.25, -0.2) is 0 Å². The normalized spacial score (nSPS) is 16.6. The Morgan fingerprint density at radius 1 is 1.44 bits per heavy atom. The lowest BCUT2D eigenvalue weighted by Crippen LogP contribution is -2.19. The van der Waals surface area contributed by atoms with E-state index in [4.69, 9.17) is 11.6 Å². The van der Waals surface area contributed by atoms with Gasteiger partial charge in [-0.15, -0.1) is 0 Å². The van der Waals surface area contributed by atoms with Crippen LogP contribution in [0.25, 0.3) is 0 Å². The van der Waals surface area contributed by atoms with Crippen LogP contribution in [0.4, 0.5) is 5.69 Å². The first-order chi connectivity index (χ1) is 8.66. The molecule has 2 rings (SSSR count). The highest BCUT2D eigenvalue weighted by Gasteiger charge is 2.18. The Bertz CT molecular complexity index is 435. The molecule has 1 aliphatic rings. The summed E-state index contributed by atoms with van der Waals surface area (Å²) in [5.41, 5.74) is 0.748. The van der Waals surface area contributed by atoms with Gasteiger partial charge in [-0.2, -0.15) is 11.8 Å². The summed E-state index contributed by atoms with van der Waals surface area (Å²) in [6.07, 6.45) is 2.91. The predicted molar refractivity (Wildman–Crippen MR) is 82.4 cm³/mol. The molecule has 1 aliphatic heterocycles. The number of hydrogen-bond donors (Lipinski definition) is 1. The van der Waals surface area contributed by atoms with Crippen molar-refractivity contribution in [2.75, 3.05) is 16.8 Å². The largest absolute Gasteiger partial charge is 0.325 e. The first-order valence-corrected chi connectivity index (χ1v) is 8.31. The van der Waals surface area contributed by atoms with Crippen molar-refractivity contribution in [3.05, 3.63) is 27.7 Å². The van der Waals surface area contributed by atoms with E-state index in [1.54, 1.807) is 6.07 Å². The molecule has 0 radical (unpaired) electrons. The Morgan fingerprint density at radius 3 is 2.89 bits per heavy atom. The summed E-state index contributed by atoms with van der Waals surface area (Å²) in [6, 6.07) is 5.48. The summed E-state index contributed by atoms with van der Waals surface area (Å²) in [7, 11) is 0. The number of rotatable bonds is 3. The maximum Gasteiger partial charge on any atom is 0.224 e. The molecule has 5 heteroatoms. The van der Waals surface area contributed by atoms with Gasteiger partial charge in [0.2, 0.25) is 5.91 Å². The van der Waals surface area contributed by atoms with Crippen molar-refractivity contribution in [1.29, 1.82) is 0 Å². The Labute approximate surface area is 125 Å². The van der Waals surface area contributed by atoms with Crippen LogP contribution in [0.2, 0.25) is 5.02 Å². The third-order valence-corrected chi connectivity index (χ3v) is 5.49. The van der Waals surface area contributed by atoms with Gasteiger partial charge in [-0.05, 0) is 58.3 Å². The smallest absolute Gasteiger partial charge is 0.224 e. The summed E-state index contributed by atoms with van der Waals surface area (Å²) in [5, 5.41) is 3.53. The number of hydrogen-bond acceptors (Lipinski definition) is 2. The molecule has 1 aromatic carbocycles. The van der Waals surface area contributed by atoms with E-state index in [0.29, 0.717) is 17.4 Å². The number of thioether (sulfide) groups is 1. The van der Waals surface area contributed by atoms with Crippen molar-refractivity contribution >= 4 is 50.9 Å². The average Bonchev–Trinajstić information content (AvgIpc) is 2.36. The SMILES string of the molecule is O=C(CC1CCSCC1)Nc1cccc(Cl)c1Br. The minimum absolute atomic E-state index is 0.0786. The van der Waals surface area contributed by atoms with Crippen molar-refractivity contribution in [3.8, 4) is 0 Å². The second kappa shape index (κ2) is 6.83. The molecule has 1 heterocycles. The Hall–Kier alpha value is -0.190. The van der Waals surface area contributed by atoms with Crippen molar-refractivity contribution in [2.45, 2.75) is 19.3 Å². The number of carbonyl (C=O) groups excluding carboxylic acids is 1. The van der Waals surface area contributed by atoms with Crippen molar-refractivity contribution in [2.24, 2.45) is 5.92 Å². The second-order valence-electron chi connectivity index (χ2n) is 4.41. The van der Waals surface area contributed by atoms with E-state index in [1.807, 2.05) is 23.9 Å². The summed E-state index contributed by atoms with van der Waals surface area (Å²) >= 11 is 11.3. The Kier molecular flexibility index (Phi) is 5.39. The third kappa shape index (κ3) is 3.90. The van der Waals surface area contributed by atoms with Crippen LogP contribution in [0.1, 0.15) is 19.3 Å². The first kappa shape index (κ1) is 14.2. The zero-order valence-corrected chi connectivity index (χ0v) is 13.1. The summed E-state index contributed by atoms with van der Waals surface area (Å²) in [4.78, 5) is 12.0. The number of amides is 1. The van der Waals surface area contributed by atoms with Gasteiger partial charge in [0.05, 0.1) is 15.2 Å². The molecule has 98 valence electrons. The lowest BCUT2D eigenvalue weighted by atomic mass is 9.98. The van der Waals surface area contributed by atoms with E-state index in [9.17, 15) is 4.79 Å². The molecular weight excluding hydrogens is 334 g/mol. The maximum atomic E-state index is 12.0. The molecular formula is C13H15BrClNOS. The molecule has 0 saturated carbocycles. The number of nitrogens with one attached hydrogen (secondary N) is 1. The van der Waals surface area contributed by atoms with Crippen LogP contribution in [0, 0.1) is 5.92 Å². The molecule has 1 N–H and O–H groups in total. The van der Waals surface area contributed by atoms with Gasteiger partial charge < -0.3 is 5.32 Å². The molecule has 1 fully saturated rings. The zero-order chi connectivity index (χ0) is 13.0. The monoisotopic (exact) mass is 347 g/mol. The van der Waals surface area contributed by atoms with Gasteiger partial charge in [0, 0.05) is 6.42 Å². The van der Waals surface area contributed by atoms with Crippen LogP contribution in [-0.4, -0.2) is 17.4 Å². The Morgan fingerprint density at radius 2 is 2.17 bits per heavy atom. The van der Waals surface area contributed by atoms with E-state index in [1.165, 1.54) is 11.5 Å². The van der Waals surface area contributed by atoms with Crippen LogP contribution in [0.5, 0.6) is 0 Å². The van der Waals surface area contributed by atoms with Crippen molar-refractivity contribution < 1.29 is 4.79 Å². The van der Waals surface area contributed by atoms with Crippen molar-refractivity contribution in [3.63, 3.8) is 0 Å². The van der Waals surface area contributed by atoms with Gasteiger partial charge in [0.15, 0.2) is 0 Å². The number of carbonyl (C=O) groups is 1. The molecule has 1 saturated heterocycles. The molecule has 0 aromatic heterocycles. The van der Waals surface area contributed by atoms with Crippen LogP contribution in [-0.2, 0) is 4.79 Å². The lowest BCUT2D eigenvalue weighted by molar-refractivity contribution is -0.117. The van der Waals surface area contributed by atoms with Crippen LogP contribution in [0.3, 0.4) is 0 Å². The van der Waals surface area contributed by atoms with Gasteiger partial charge in [-0.3, -0.25) is 4.79 Å². The highest BCUT2D eigenvalue weighted by Crippen LogP contribution is 2.31. The number of halogens is 2. The van der Waals surface area contributed by atoms with E-state index >= 15 is 0 Å². The molecule has 0 spiro atoms. The quantitative estimate of drug-likeness (QED) is 0.866. The minimum Gasteiger partial charge on any atom is -0.325 e. The fourth-order valence-corrected chi connectivity index (χ4v) is 3.76. The standard InChI is InChI=1S/C13H15BrClNOS/c14-13-10(15)2-1-3-11(13)16-12(17)8-9-4-6-18-7-5-9/h1-3,9H,4-8H2,(H,16,17). The van der Waals surface area contributed by atoms with Crippen LogP contribution in [0.15, 0.2) is 22.7 Å². The van der Waals surface area contributed by atoms with E-state index < -0.39 is 0 Å². The van der Waals surface area contributed by atoms with Gasteiger partial charge in [0.1, 0.15) is 0 Å². The maximum absolute atomic E-state index is 12.0. The van der Waals surface area contributed by atoms with E-state index in [0.717, 1.165) is 23.0 Å². The zero-order valence-electron chi connectivity index (χ0n) is 9.92. The molecule has 0 atom stereocenters. The molecule has 18 heavy (non-hydrogen) atoms. The molecule has 2 nitrogen and oxygen atoms in total. The predicted octanol–water partition coefficient (Wildman–Crippen LogP) is 4.57. The number of anilines is 1. The molecule has 1 amide bonds. The summed E-state index contributed by atoms with van der Waals surface area (Å²) < 4.78 is 0.749. The topological polar surface area (TPSA) is 29.1 Å². The highest BCUT2D eigenvalue weighted by molar-refractivity contribution is 9.10.